The lowest BCUT2D eigenvalue weighted by Gasteiger charge is -2.15. The molecule has 0 saturated heterocycles. The summed E-state index contributed by atoms with van der Waals surface area (Å²) in [5.41, 5.74) is 5.06. The molecule has 14 heavy (non-hydrogen) atoms. The topological polar surface area (TPSA) is 104 Å². The Morgan fingerprint density at radius 1 is 1.36 bits per heavy atom. The third kappa shape index (κ3) is 4.78. The van der Waals surface area contributed by atoms with Crippen LogP contribution in [0.1, 0.15) is 26.7 Å². The fourth-order valence-corrected chi connectivity index (χ4v) is 1.16. The Labute approximate surface area is 82.2 Å². The van der Waals surface area contributed by atoms with E-state index in [2.05, 4.69) is 0 Å². The summed E-state index contributed by atoms with van der Waals surface area (Å²) >= 11 is 0. The third-order valence-corrected chi connectivity index (χ3v) is 1.80. The van der Waals surface area contributed by atoms with Gasteiger partial charge in [-0.05, 0) is 12.3 Å². The summed E-state index contributed by atoms with van der Waals surface area (Å²) in [5.74, 6) is -1.97. The van der Waals surface area contributed by atoms with Gasteiger partial charge in [-0.15, -0.1) is 0 Å². The fraction of sp³-hybridized carbons (Fsp3) is 0.750. The van der Waals surface area contributed by atoms with Crippen LogP contribution < -0.4 is 5.73 Å². The molecule has 0 bridgehead atoms. The number of carbonyl (C=O) groups excluding carboxylic acids is 2. The number of nitrogens with two attached hydrogens (primary N) is 1. The van der Waals surface area contributed by atoms with Crippen LogP contribution in [0.15, 0.2) is 0 Å². The van der Waals surface area contributed by atoms with Gasteiger partial charge >= 0.3 is 0 Å². The molecular formula is C8H16N2O4. The fourth-order valence-electron chi connectivity index (χ4n) is 1.16. The minimum Gasteiger partial charge on any atom is -0.369 e. The first-order chi connectivity index (χ1) is 6.34. The van der Waals surface area contributed by atoms with Crippen LogP contribution in [0.5, 0.6) is 0 Å². The van der Waals surface area contributed by atoms with Crippen LogP contribution in [0, 0.1) is 11.8 Å². The number of nitrogens with zero attached hydrogens (tertiary/aromatic N) is 1. The van der Waals surface area contributed by atoms with E-state index in [0.717, 1.165) is 0 Å². The maximum atomic E-state index is 10.9. The highest BCUT2D eigenvalue weighted by Crippen LogP contribution is 2.15. The van der Waals surface area contributed by atoms with Crippen molar-refractivity contribution in [3.63, 3.8) is 0 Å². The molecule has 4 N–H and O–H groups in total. The Bertz CT molecular complexity index is 215. The Morgan fingerprint density at radius 2 is 1.86 bits per heavy atom. The van der Waals surface area contributed by atoms with Crippen LogP contribution in [0.3, 0.4) is 0 Å². The van der Waals surface area contributed by atoms with Crippen LogP contribution in [0.25, 0.3) is 0 Å². The van der Waals surface area contributed by atoms with Gasteiger partial charge in [0.15, 0.2) is 0 Å². The van der Waals surface area contributed by atoms with Gasteiger partial charge in [0.2, 0.25) is 5.91 Å². The van der Waals surface area contributed by atoms with Crippen molar-refractivity contribution in [2.45, 2.75) is 26.7 Å². The molecule has 6 heteroatoms. The largest absolute Gasteiger partial charge is 0.369 e. The quantitative estimate of drug-likeness (QED) is 0.437. The molecule has 0 aliphatic heterocycles. The van der Waals surface area contributed by atoms with E-state index in [4.69, 9.17) is 16.1 Å². The van der Waals surface area contributed by atoms with Gasteiger partial charge in [-0.2, -0.15) is 0 Å². The summed E-state index contributed by atoms with van der Waals surface area (Å²) in [7, 11) is 0. The van der Waals surface area contributed by atoms with Gasteiger partial charge in [0, 0.05) is 12.3 Å². The van der Waals surface area contributed by atoms with E-state index >= 15 is 0 Å². The monoisotopic (exact) mass is 204 g/mol. The summed E-state index contributed by atoms with van der Waals surface area (Å²) in [6.07, 6.45) is 0.176. The zero-order chi connectivity index (χ0) is 11.3. The molecule has 2 amide bonds. The molecule has 0 aliphatic carbocycles. The van der Waals surface area contributed by atoms with Crippen LogP contribution in [0.2, 0.25) is 0 Å². The zero-order valence-corrected chi connectivity index (χ0v) is 8.30. The van der Waals surface area contributed by atoms with Crippen molar-refractivity contribution in [2.24, 2.45) is 17.6 Å². The summed E-state index contributed by atoms with van der Waals surface area (Å²) in [6.45, 7) is 3.77. The lowest BCUT2D eigenvalue weighted by molar-refractivity contribution is -0.285. The number of hydroxylamine groups is 2. The number of carbonyl (C=O) groups is 2. The Kier molecular flexibility index (Phi) is 5.11. The van der Waals surface area contributed by atoms with Gasteiger partial charge in [0.05, 0.1) is 0 Å². The second-order valence-corrected chi connectivity index (χ2v) is 3.62. The highest BCUT2D eigenvalue weighted by molar-refractivity contribution is 5.83. The van der Waals surface area contributed by atoms with Crippen molar-refractivity contribution in [1.82, 2.24) is 5.23 Å². The SMILES string of the molecule is CC(C)C[C@H](CC(=O)N(O)O)C(N)=O. The van der Waals surface area contributed by atoms with Crippen molar-refractivity contribution in [2.75, 3.05) is 0 Å². The van der Waals surface area contributed by atoms with Gasteiger partial charge in [0.1, 0.15) is 0 Å². The van der Waals surface area contributed by atoms with Crippen molar-refractivity contribution >= 4 is 11.8 Å². The molecule has 82 valence electrons. The molecule has 0 fully saturated rings. The van der Waals surface area contributed by atoms with E-state index < -0.39 is 23.0 Å². The summed E-state index contributed by atoms with van der Waals surface area (Å²) in [6, 6.07) is 0. The van der Waals surface area contributed by atoms with Crippen LogP contribution in [-0.2, 0) is 9.59 Å². The van der Waals surface area contributed by atoms with Gasteiger partial charge in [0.25, 0.3) is 5.91 Å². The predicted octanol–water partition coefficient (Wildman–Crippen LogP) is 0.131. The van der Waals surface area contributed by atoms with E-state index in [1.807, 2.05) is 13.8 Å². The van der Waals surface area contributed by atoms with E-state index in [1.54, 1.807) is 0 Å². The number of hydrogen-bond donors (Lipinski definition) is 3. The Balaban J connectivity index is 4.23. The van der Waals surface area contributed by atoms with Crippen LogP contribution >= 0.6 is 0 Å². The molecule has 1 atom stereocenters. The minimum absolute atomic E-state index is 0.214. The molecule has 0 saturated carbocycles. The van der Waals surface area contributed by atoms with E-state index in [0.29, 0.717) is 6.42 Å². The van der Waals surface area contributed by atoms with Crippen LogP contribution in [-0.4, -0.2) is 27.5 Å². The van der Waals surface area contributed by atoms with Crippen molar-refractivity contribution in [3.8, 4) is 0 Å². The highest BCUT2D eigenvalue weighted by Gasteiger charge is 2.22. The van der Waals surface area contributed by atoms with Gasteiger partial charge < -0.3 is 5.73 Å². The normalized spacial score (nSPS) is 12.6. The highest BCUT2D eigenvalue weighted by atomic mass is 16.8. The smallest absolute Gasteiger partial charge is 0.273 e. The van der Waals surface area contributed by atoms with E-state index in [-0.39, 0.29) is 12.3 Å². The van der Waals surface area contributed by atoms with Crippen molar-refractivity contribution in [1.29, 1.82) is 0 Å². The molecule has 0 unspecified atom stereocenters. The first-order valence-electron chi connectivity index (χ1n) is 4.34. The molecule has 6 nitrogen and oxygen atoms in total. The number of hydrogen-bond acceptors (Lipinski definition) is 4. The minimum atomic E-state index is -0.936. The summed E-state index contributed by atoms with van der Waals surface area (Å²) < 4.78 is 0. The van der Waals surface area contributed by atoms with Crippen molar-refractivity contribution in [3.05, 3.63) is 0 Å². The first kappa shape index (κ1) is 12.9. The summed E-state index contributed by atoms with van der Waals surface area (Å²) in [4.78, 5) is 21.7. The molecule has 0 rings (SSSR count). The van der Waals surface area contributed by atoms with Gasteiger partial charge in [-0.25, -0.2) is 0 Å². The van der Waals surface area contributed by atoms with Crippen LogP contribution in [0.4, 0.5) is 0 Å². The molecule has 0 aromatic carbocycles. The van der Waals surface area contributed by atoms with Gasteiger partial charge in [-0.3, -0.25) is 20.0 Å². The average molecular weight is 204 g/mol. The standard InChI is InChI=1S/C8H16N2O4/c1-5(2)3-6(8(9)12)4-7(11)10(13)14/h5-6,13-14H,3-4H2,1-2H3,(H2,9,12)/t6-/m1/s1. The maximum absolute atomic E-state index is 10.9. The van der Waals surface area contributed by atoms with E-state index in [9.17, 15) is 9.59 Å². The number of amides is 2. The zero-order valence-electron chi connectivity index (χ0n) is 8.30. The lowest BCUT2D eigenvalue weighted by atomic mass is 9.93. The summed E-state index contributed by atoms with van der Waals surface area (Å²) in [5, 5.41) is 16.2. The first-order valence-corrected chi connectivity index (χ1v) is 4.34. The second kappa shape index (κ2) is 5.56. The Morgan fingerprint density at radius 3 is 2.14 bits per heavy atom. The molecule has 0 aromatic heterocycles. The molecule has 0 radical (unpaired) electrons. The number of rotatable bonds is 5. The average Bonchev–Trinajstić information content (AvgIpc) is 2.01. The molecular weight excluding hydrogens is 188 g/mol. The maximum Gasteiger partial charge on any atom is 0.273 e. The second-order valence-electron chi connectivity index (χ2n) is 3.62. The van der Waals surface area contributed by atoms with Gasteiger partial charge in [-0.1, -0.05) is 19.1 Å². The molecule has 0 aliphatic rings. The molecule has 0 spiro atoms. The third-order valence-electron chi connectivity index (χ3n) is 1.80. The Hall–Kier alpha value is -1.14. The predicted molar refractivity (Wildman–Crippen MR) is 47.2 cm³/mol. The molecule has 0 heterocycles. The van der Waals surface area contributed by atoms with Crippen molar-refractivity contribution < 1.29 is 20.0 Å². The number of primary amides is 1. The molecule has 0 aromatic rings. The van der Waals surface area contributed by atoms with E-state index in [1.165, 1.54) is 0 Å². The lowest BCUT2D eigenvalue weighted by Crippen LogP contribution is -2.32.